The van der Waals surface area contributed by atoms with E-state index in [1.165, 1.54) is 6.33 Å². The third-order valence-electron chi connectivity index (χ3n) is 1.01. The monoisotopic (exact) mass is 141 g/mol. The molecule has 1 N–H and O–H groups in total. The van der Waals surface area contributed by atoms with Gasteiger partial charge in [0.25, 0.3) is 0 Å². The molecular weight excluding hydrogens is 133 g/mol. The van der Waals surface area contributed by atoms with Crippen molar-refractivity contribution < 1.29 is 4.39 Å². The number of rotatable bonds is 2. The minimum atomic E-state index is -0.413. The van der Waals surface area contributed by atoms with Gasteiger partial charge in [-0.05, 0) is 6.92 Å². The summed E-state index contributed by atoms with van der Waals surface area (Å²) in [5.41, 5.74) is 0. The fourth-order valence-corrected chi connectivity index (χ4v) is 0.610. The van der Waals surface area contributed by atoms with Crippen molar-refractivity contribution in [2.75, 3.05) is 11.9 Å². The number of hydrogen-bond acceptors (Lipinski definition) is 3. The van der Waals surface area contributed by atoms with Crippen LogP contribution in [0.15, 0.2) is 12.5 Å². The summed E-state index contributed by atoms with van der Waals surface area (Å²) < 4.78 is 12.6. The van der Waals surface area contributed by atoms with Gasteiger partial charge in [0.15, 0.2) is 11.6 Å². The Morgan fingerprint density at radius 1 is 1.70 bits per heavy atom. The maximum absolute atomic E-state index is 12.6. The van der Waals surface area contributed by atoms with Crippen molar-refractivity contribution >= 4 is 5.82 Å². The second-order valence-electron chi connectivity index (χ2n) is 1.75. The largest absolute Gasteiger partial charge is 0.368 e. The van der Waals surface area contributed by atoms with Crippen LogP contribution in [0.4, 0.5) is 10.2 Å². The van der Waals surface area contributed by atoms with Gasteiger partial charge in [-0.3, -0.25) is 0 Å². The van der Waals surface area contributed by atoms with Crippen molar-refractivity contribution in [3.05, 3.63) is 18.3 Å². The highest BCUT2D eigenvalue weighted by Gasteiger charge is 1.98. The van der Waals surface area contributed by atoms with Crippen LogP contribution in [-0.4, -0.2) is 16.5 Å². The molecule has 0 saturated heterocycles. The fourth-order valence-electron chi connectivity index (χ4n) is 0.610. The average Bonchev–Trinajstić information content (AvgIpc) is 1.94. The fraction of sp³-hybridized carbons (Fsp3) is 0.333. The van der Waals surface area contributed by atoms with Gasteiger partial charge in [0, 0.05) is 6.54 Å². The van der Waals surface area contributed by atoms with Crippen LogP contribution in [0.25, 0.3) is 0 Å². The molecular formula is C6H8FN3. The highest BCUT2D eigenvalue weighted by molar-refractivity contribution is 5.33. The Morgan fingerprint density at radius 2 is 2.50 bits per heavy atom. The van der Waals surface area contributed by atoms with E-state index in [1.54, 1.807) is 0 Å². The molecule has 0 aliphatic rings. The first-order valence-electron chi connectivity index (χ1n) is 3.04. The lowest BCUT2D eigenvalue weighted by atomic mass is 10.5. The second-order valence-corrected chi connectivity index (χ2v) is 1.75. The van der Waals surface area contributed by atoms with E-state index in [2.05, 4.69) is 15.3 Å². The van der Waals surface area contributed by atoms with Crippen LogP contribution in [-0.2, 0) is 0 Å². The zero-order valence-corrected chi connectivity index (χ0v) is 5.63. The van der Waals surface area contributed by atoms with Crippen LogP contribution in [0.2, 0.25) is 0 Å². The molecule has 1 aromatic heterocycles. The summed E-state index contributed by atoms with van der Waals surface area (Å²) in [6.07, 6.45) is 2.44. The number of aromatic nitrogens is 2. The Balaban J connectivity index is 2.81. The lowest BCUT2D eigenvalue weighted by Crippen LogP contribution is -2.01. The molecule has 0 aromatic carbocycles. The van der Waals surface area contributed by atoms with Crippen molar-refractivity contribution in [3.63, 3.8) is 0 Å². The average molecular weight is 141 g/mol. The Hall–Kier alpha value is -1.19. The van der Waals surface area contributed by atoms with Crippen LogP contribution in [0, 0.1) is 5.82 Å². The van der Waals surface area contributed by atoms with Crippen molar-refractivity contribution in [1.29, 1.82) is 0 Å². The van der Waals surface area contributed by atoms with Gasteiger partial charge < -0.3 is 5.32 Å². The summed E-state index contributed by atoms with van der Waals surface area (Å²) in [6.45, 7) is 2.54. The molecule has 1 rings (SSSR count). The lowest BCUT2D eigenvalue weighted by Gasteiger charge is -1.99. The van der Waals surface area contributed by atoms with Crippen LogP contribution < -0.4 is 5.32 Å². The first kappa shape index (κ1) is 6.92. The lowest BCUT2D eigenvalue weighted by molar-refractivity contribution is 0.617. The number of nitrogens with zero attached hydrogens (tertiary/aromatic N) is 2. The van der Waals surface area contributed by atoms with Gasteiger partial charge in [0.2, 0.25) is 0 Å². The predicted octanol–water partition coefficient (Wildman–Crippen LogP) is 1.05. The van der Waals surface area contributed by atoms with Crippen LogP contribution >= 0.6 is 0 Å². The van der Waals surface area contributed by atoms with Gasteiger partial charge in [-0.2, -0.15) is 0 Å². The summed E-state index contributed by atoms with van der Waals surface area (Å²) in [5.74, 6) is -0.151. The first-order valence-corrected chi connectivity index (χ1v) is 3.04. The molecule has 54 valence electrons. The quantitative estimate of drug-likeness (QED) is 0.668. The van der Waals surface area contributed by atoms with Gasteiger partial charge in [0.05, 0.1) is 6.20 Å². The first-order chi connectivity index (χ1) is 4.84. The Bertz CT molecular complexity index is 214. The zero-order chi connectivity index (χ0) is 7.40. The van der Waals surface area contributed by atoms with Crippen molar-refractivity contribution in [3.8, 4) is 0 Å². The van der Waals surface area contributed by atoms with Crippen molar-refractivity contribution in [2.45, 2.75) is 6.92 Å². The van der Waals surface area contributed by atoms with Crippen LogP contribution in [0.5, 0.6) is 0 Å². The number of halogens is 1. The van der Waals surface area contributed by atoms with Crippen molar-refractivity contribution in [2.24, 2.45) is 0 Å². The molecule has 1 heterocycles. The third-order valence-corrected chi connectivity index (χ3v) is 1.01. The molecule has 0 saturated carbocycles. The molecule has 0 spiro atoms. The maximum atomic E-state index is 12.6. The van der Waals surface area contributed by atoms with Crippen LogP contribution in [0.3, 0.4) is 0 Å². The number of hydrogen-bond donors (Lipinski definition) is 1. The third kappa shape index (κ3) is 1.40. The minimum Gasteiger partial charge on any atom is -0.368 e. The van der Waals surface area contributed by atoms with E-state index in [1.807, 2.05) is 6.92 Å². The Labute approximate surface area is 58.3 Å². The minimum absolute atomic E-state index is 0.262. The van der Waals surface area contributed by atoms with E-state index < -0.39 is 5.82 Å². The molecule has 10 heavy (non-hydrogen) atoms. The second kappa shape index (κ2) is 3.10. The van der Waals surface area contributed by atoms with E-state index in [0.29, 0.717) is 6.54 Å². The van der Waals surface area contributed by atoms with Gasteiger partial charge >= 0.3 is 0 Å². The molecule has 0 aliphatic carbocycles. The molecule has 0 fully saturated rings. The normalized spacial score (nSPS) is 9.40. The van der Waals surface area contributed by atoms with E-state index in [9.17, 15) is 4.39 Å². The smallest absolute Gasteiger partial charge is 0.183 e. The molecule has 0 radical (unpaired) electrons. The topological polar surface area (TPSA) is 37.8 Å². The van der Waals surface area contributed by atoms with E-state index in [0.717, 1.165) is 6.20 Å². The van der Waals surface area contributed by atoms with E-state index in [-0.39, 0.29) is 5.82 Å². The number of anilines is 1. The molecule has 0 amide bonds. The Kier molecular flexibility index (Phi) is 2.15. The van der Waals surface area contributed by atoms with Crippen molar-refractivity contribution in [1.82, 2.24) is 9.97 Å². The zero-order valence-electron chi connectivity index (χ0n) is 5.63. The van der Waals surface area contributed by atoms with Crippen LogP contribution in [0.1, 0.15) is 6.92 Å². The summed E-state index contributed by atoms with van der Waals surface area (Å²) in [5, 5.41) is 2.75. The SMILES string of the molecule is CCNc1ncncc1F. The summed E-state index contributed by atoms with van der Waals surface area (Å²) in [6, 6.07) is 0. The van der Waals surface area contributed by atoms with E-state index >= 15 is 0 Å². The molecule has 1 aromatic rings. The van der Waals surface area contributed by atoms with Gasteiger partial charge in [-0.15, -0.1) is 0 Å². The van der Waals surface area contributed by atoms with Gasteiger partial charge in [-0.1, -0.05) is 0 Å². The predicted molar refractivity (Wildman–Crippen MR) is 36.2 cm³/mol. The molecule has 0 unspecified atom stereocenters. The Morgan fingerprint density at radius 3 is 3.10 bits per heavy atom. The highest BCUT2D eigenvalue weighted by Crippen LogP contribution is 2.04. The molecule has 4 heteroatoms. The standard InChI is InChI=1S/C6H8FN3/c1-2-9-6-5(7)3-8-4-10-6/h3-4H,2H2,1H3,(H,8,9,10). The van der Waals surface area contributed by atoms with Gasteiger partial charge in [0.1, 0.15) is 6.33 Å². The summed E-state index contributed by atoms with van der Waals surface area (Å²) in [4.78, 5) is 7.17. The summed E-state index contributed by atoms with van der Waals surface area (Å²) >= 11 is 0. The maximum Gasteiger partial charge on any atom is 0.183 e. The highest BCUT2D eigenvalue weighted by atomic mass is 19.1. The molecule has 3 nitrogen and oxygen atoms in total. The molecule has 0 atom stereocenters. The number of nitrogens with one attached hydrogen (secondary N) is 1. The summed E-state index contributed by atoms with van der Waals surface area (Å²) in [7, 11) is 0. The molecule has 0 bridgehead atoms. The van der Waals surface area contributed by atoms with Gasteiger partial charge in [-0.25, -0.2) is 14.4 Å². The van der Waals surface area contributed by atoms with E-state index in [4.69, 9.17) is 0 Å². The molecule has 0 aliphatic heterocycles.